The molecule has 4 aromatic rings. The number of benzene rings is 3. The highest BCUT2D eigenvalue weighted by molar-refractivity contribution is 6.05. The first-order chi connectivity index (χ1) is 23.2. The lowest BCUT2D eigenvalue weighted by Gasteiger charge is -2.24. The van der Waals surface area contributed by atoms with Gasteiger partial charge in [0.2, 0.25) is 5.70 Å². The summed E-state index contributed by atoms with van der Waals surface area (Å²) in [5.74, 6) is 0. The monoisotopic (exact) mass is 629 g/mol. The number of hydrogen-bond acceptors (Lipinski definition) is 1. The number of anilines is 1. The second-order valence-electron chi connectivity index (χ2n) is 15.0. The smallest absolute Gasteiger partial charge is 0.216 e. The molecule has 0 fully saturated rings. The van der Waals surface area contributed by atoms with E-state index < -0.39 is 0 Å². The Morgan fingerprint density at radius 3 is 2.40 bits per heavy atom. The maximum absolute atomic E-state index is 2.54. The van der Waals surface area contributed by atoms with Crippen LogP contribution in [-0.2, 0) is 5.41 Å². The zero-order valence-electron chi connectivity index (χ0n) is 29.3. The molecule has 0 bridgehead atoms. The van der Waals surface area contributed by atoms with Crippen molar-refractivity contribution in [1.82, 2.24) is 0 Å². The van der Waals surface area contributed by atoms with E-state index in [1.54, 1.807) is 5.57 Å². The van der Waals surface area contributed by atoms with E-state index in [1.807, 2.05) is 0 Å². The first-order valence-corrected chi connectivity index (χ1v) is 17.6. The van der Waals surface area contributed by atoms with Crippen LogP contribution in [0.4, 0.5) is 5.69 Å². The molecule has 3 nitrogen and oxygen atoms in total. The van der Waals surface area contributed by atoms with Gasteiger partial charge in [-0.2, -0.15) is 4.57 Å². The van der Waals surface area contributed by atoms with Crippen molar-refractivity contribution in [3.63, 3.8) is 0 Å². The standard InChI is InChI=1S/C45H47N3/c1-44(2)39(46(5)37-25-21-31-15-8-10-19-35(31)41(37)44)27-23-33-17-14-18-34(43(33)48-29-12-7-13-30-48)24-28-40-45(3,4)42-36-20-11-9-16-32(36)22-26-38(42)47(40)6/h7-13,15-16,19-25,27-30,38H,14,17-18,26H2,1-6H3/q+2. The van der Waals surface area contributed by atoms with Crippen molar-refractivity contribution in [1.29, 1.82) is 0 Å². The summed E-state index contributed by atoms with van der Waals surface area (Å²) in [5, 5.41) is 5.45. The fourth-order valence-corrected chi connectivity index (χ4v) is 9.30. The highest BCUT2D eigenvalue weighted by atomic mass is 15.2. The predicted molar refractivity (Wildman–Crippen MR) is 201 cm³/mol. The van der Waals surface area contributed by atoms with Gasteiger partial charge < -0.3 is 4.90 Å². The highest BCUT2D eigenvalue weighted by Crippen LogP contribution is 2.50. The Morgan fingerprint density at radius 1 is 0.792 bits per heavy atom. The number of pyridine rings is 1. The first-order valence-electron chi connectivity index (χ1n) is 17.6. The lowest BCUT2D eigenvalue weighted by molar-refractivity contribution is -0.580. The minimum absolute atomic E-state index is 0.0452. The third-order valence-corrected chi connectivity index (χ3v) is 11.6. The number of allylic oxidation sites excluding steroid dienone is 8. The van der Waals surface area contributed by atoms with Crippen LogP contribution >= 0.6 is 0 Å². The molecule has 2 aliphatic carbocycles. The van der Waals surface area contributed by atoms with Gasteiger partial charge >= 0.3 is 0 Å². The fraction of sp³-hybridized carbons (Fsp3) is 0.289. The van der Waals surface area contributed by atoms with Crippen LogP contribution in [0.25, 0.3) is 28.1 Å². The van der Waals surface area contributed by atoms with Gasteiger partial charge in [0.1, 0.15) is 7.05 Å². The second kappa shape index (κ2) is 11.4. The largest absolute Gasteiger partial charge is 0.347 e. The average molecular weight is 630 g/mol. The molecule has 2 aliphatic heterocycles. The molecule has 0 radical (unpaired) electrons. The molecule has 0 N–H and O–H groups in total. The summed E-state index contributed by atoms with van der Waals surface area (Å²) in [4.78, 5) is 2.41. The summed E-state index contributed by atoms with van der Waals surface area (Å²) < 4.78 is 4.88. The molecule has 0 amide bonds. The molecule has 3 heteroatoms. The Kier molecular flexibility index (Phi) is 7.29. The summed E-state index contributed by atoms with van der Waals surface area (Å²) in [6.07, 6.45) is 20.9. The molecule has 1 atom stereocenters. The summed E-state index contributed by atoms with van der Waals surface area (Å²) in [5.41, 5.74) is 11.0. The third kappa shape index (κ3) is 4.70. The Morgan fingerprint density at radius 2 is 1.56 bits per heavy atom. The number of hydrogen-bond donors (Lipinski definition) is 0. The van der Waals surface area contributed by atoms with Crippen LogP contribution in [0, 0.1) is 5.41 Å². The second-order valence-corrected chi connectivity index (χ2v) is 15.0. The van der Waals surface area contributed by atoms with Crippen LogP contribution in [0.15, 0.2) is 132 Å². The topological polar surface area (TPSA) is 10.1 Å². The van der Waals surface area contributed by atoms with Gasteiger partial charge in [0.25, 0.3) is 0 Å². The Balaban J connectivity index is 1.22. The molecule has 1 aromatic heterocycles. The van der Waals surface area contributed by atoms with Gasteiger partial charge in [0, 0.05) is 65.2 Å². The SMILES string of the molecule is CN1/C(=C/C=C2\CCCC(/C=C/C3=[N+](C)C4CC=c5ccccc5=C4C3(C)C)=C2[n+]2ccccc2)C(C)(C)c2c1ccc1ccccc21. The normalized spacial score (nSPS) is 22.9. The van der Waals surface area contributed by atoms with Crippen LogP contribution in [0.3, 0.4) is 0 Å². The van der Waals surface area contributed by atoms with Crippen molar-refractivity contribution in [3.05, 3.63) is 148 Å². The molecule has 8 rings (SSSR count). The molecule has 0 saturated carbocycles. The molecular formula is C45H47N3+2. The van der Waals surface area contributed by atoms with Crippen molar-refractivity contribution in [2.75, 3.05) is 19.0 Å². The molecule has 3 heterocycles. The van der Waals surface area contributed by atoms with Gasteiger partial charge in [0.05, 0.1) is 5.41 Å². The van der Waals surface area contributed by atoms with E-state index in [-0.39, 0.29) is 10.8 Å². The van der Waals surface area contributed by atoms with Crippen LogP contribution in [0.1, 0.15) is 58.9 Å². The predicted octanol–water partition coefficient (Wildman–Crippen LogP) is 7.84. The number of likely N-dealkylation sites (N-methyl/N-ethyl adjacent to an activating group) is 1. The minimum atomic E-state index is -0.108. The number of fused-ring (bicyclic) bond motifs is 5. The molecule has 240 valence electrons. The van der Waals surface area contributed by atoms with Crippen LogP contribution in [0.5, 0.6) is 0 Å². The average Bonchev–Trinajstić information content (AvgIpc) is 3.43. The van der Waals surface area contributed by atoms with E-state index in [0.29, 0.717) is 6.04 Å². The van der Waals surface area contributed by atoms with Crippen molar-refractivity contribution in [2.24, 2.45) is 5.41 Å². The zero-order valence-corrected chi connectivity index (χ0v) is 29.3. The fourth-order valence-electron chi connectivity index (χ4n) is 9.30. The van der Waals surface area contributed by atoms with E-state index in [0.717, 1.165) is 25.7 Å². The van der Waals surface area contributed by atoms with E-state index in [2.05, 4.69) is 177 Å². The van der Waals surface area contributed by atoms with Gasteiger partial charge in [-0.05, 0) is 78.1 Å². The van der Waals surface area contributed by atoms with Crippen LogP contribution in [0.2, 0.25) is 0 Å². The number of aromatic nitrogens is 1. The van der Waals surface area contributed by atoms with Crippen molar-refractivity contribution in [2.45, 2.75) is 64.8 Å². The lowest BCUT2D eigenvalue weighted by atomic mass is 9.76. The van der Waals surface area contributed by atoms with Gasteiger partial charge in [-0.15, -0.1) is 0 Å². The third-order valence-electron chi connectivity index (χ3n) is 11.6. The molecule has 48 heavy (non-hydrogen) atoms. The zero-order chi connectivity index (χ0) is 33.2. The summed E-state index contributed by atoms with van der Waals surface area (Å²) >= 11 is 0. The Hall–Kier alpha value is -4.76. The van der Waals surface area contributed by atoms with Crippen molar-refractivity contribution >= 4 is 39.5 Å². The molecule has 3 aromatic carbocycles. The highest BCUT2D eigenvalue weighted by Gasteiger charge is 2.49. The minimum Gasteiger partial charge on any atom is -0.347 e. The first kappa shape index (κ1) is 30.6. The summed E-state index contributed by atoms with van der Waals surface area (Å²) in [6.45, 7) is 9.60. The maximum Gasteiger partial charge on any atom is 0.216 e. The van der Waals surface area contributed by atoms with Gasteiger partial charge in [-0.3, -0.25) is 0 Å². The molecular weight excluding hydrogens is 583 g/mol. The quantitative estimate of drug-likeness (QED) is 0.209. The number of nitrogens with zero attached hydrogens (tertiary/aromatic N) is 3. The number of rotatable bonds is 4. The van der Waals surface area contributed by atoms with Crippen LogP contribution in [-0.4, -0.2) is 30.4 Å². The maximum atomic E-state index is 2.54. The van der Waals surface area contributed by atoms with E-state index in [9.17, 15) is 0 Å². The van der Waals surface area contributed by atoms with Gasteiger partial charge in [-0.1, -0.05) is 86.7 Å². The van der Waals surface area contributed by atoms with E-state index in [1.165, 1.54) is 60.7 Å². The van der Waals surface area contributed by atoms with E-state index in [4.69, 9.17) is 0 Å². The Bertz CT molecular complexity index is 2260. The van der Waals surface area contributed by atoms with Gasteiger partial charge in [0.15, 0.2) is 24.1 Å². The summed E-state index contributed by atoms with van der Waals surface area (Å²) in [7, 11) is 4.52. The summed E-state index contributed by atoms with van der Waals surface area (Å²) in [6, 6.07) is 29.1. The van der Waals surface area contributed by atoms with Crippen molar-refractivity contribution < 1.29 is 9.14 Å². The van der Waals surface area contributed by atoms with Crippen LogP contribution < -0.4 is 19.9 Å². The lowest BCUT2D eigenvalue weighted by Crippen LogP contribution is -2.39. The Labute approximate surface area is 285 Å². The molecule has 0 saturated heterocycles. The molecule has 1 unspecified atom stereocenters. The van der Waals surface area contributed by atoms with Crippen molar-refractivity contribution in [3.8, 4) is 0 Å². The molecule has 0 spiro atoms. The van der Waals surface area contributed by atoms with Gasteiger partial charge in [-0.25, -0.2) is 4.58 Å². The molecule has 4 aliphatic rings. The van der Waals surface area contributed by atoms with E-state index >= 15 is 0 Å².